The van der Waals surface area contributed by atoms with Crippen LogP contribution in [0.3, 0.4) is 0 Å². The van der Waals surface area contributed by atoms with Crippen LogP contribution in [0.1, 0.15) is 56.0 Å². The lowest BCUT2D eigenvalue weighted by Gasteiger charge is -2.25. The van der Waals surface area contributed by atoms with Gasteiger partial charge >= 0.3 is 0 Å². The smallest absolute Gasteiger partial charge is 0.272 e. The van der Waals surface area contributed by atoms with Gasteiger partial charge < -0.3 is 15.3 Å². The monoisotopic (exact) mass is 454 g/mol. The van der Waals surface area contributed by atoms with E-state index >= 15 is 0 Å². The van der Waals surface area contributed by atoms with Gasteiger partial charge in [-0.05, 0) is 24.8 Å². The van der Waals surface area contributed by atoms with Gasteiger partial charge in [-0.25, -0.2) is 9.98 Å². The fraction of sp³-hybridized carbons (Fsp3) is 0.500. The number of aromatic nitrogens is 1. The number of benzene rings is 1. The number of unbranched alkanes of at least 4 members (excludes halogenated alkanes) is 1. The number of rotatable bonds is 9. The molecule has 170 valence electrons. The highest BCUT2D eigenvalue weighted by molar-refractivity contribution is 7.12. The summed E-state index contributed by atoms with van der Waals surface area (Å²) in [5, 5.41) is 16.1. The lowest BCUT2D eigenvalue weighted by atomic mass is 9.91. The van der Waals surface area contributed by atoms with Crippen LogP contribution in [0, 0.1) is 11.8 Å². The van der Waals surface area contributed by atoms with E-state index in [0.717, 1.165) is 36.9 Å². The lowest BCUT2D eigenvalue weighted by Crippen LogP contribution is -2.49. The first kappa shape index (κ1) is 22.6. The Bertz CT molecular complexity index is 987. The minimum atomic E-state index is -1.07. The molecule has 7 nitrogen and oxygen atoms in total. The average Bonchev–Trinajstić information content (AvgIpc) is 3.49. The number of likely N-dealkylation sites (N-methyl/N-ethyl adjacent to an activating group) is 1. The van der Waals surface area contributed by atoms with Gasteiger partial charge in [0.1, 0.15) is 10.7 Å². The molecule has 3 atom stereocenters. The quantitative estimate of drug-likeness (QED) is 0.607. The number of anilines is 1. The molecule has 1 saturated carbocycles. The molecule has 1 aromatic heterocycles. The van der Waals surface area contributed by atoms with E-state index in [0.29, 0.717) is 29.5 Å². The zero-order chi connectivity index (χ0) is 22.7. The molecule has 0 bridgehead atoms. The minimum absolute atomic E-state index is 0.305. The molecule has 2 heterocycles. The fourth-order valence-electron chi connectivity index (χ4n) is 4.13. The van der Waals surface area contributed by atoms with Gasteiger partial charge in [0.05, 0.1) is 17.7 Å². The summed E-state index contributed by atoms with van der Waals surface area (Å²) in [6, 6.07) is 7.55. The van der Waals surface area contributed by atoms with Crippen molar-refractivity contribution in [2.24, 2.45) is 16.8 Å². The van der Waals surface area contributed by atoms with Gasteiger partial charge in [-0.3, -0.25) is 9.59 Å². The van der Waals surface area contributed by atoms with E-state index in [1.54, 1.807) is 13.2 Å². The molecule has 2 aromatic rings. The van der Waals surface area contributed by atoms with Crippen LogP contribution in [0.5, 0.6) is 0 Å². The number of nitrogens with one attached hydrogen (secondary N) is 1. The van der Waals surface area contributed by atoms with Crippen LogP contribution in [-0.2, 0) is 9.59 Å². The highest BCUT2D eigenvalue weighted by atomic mass is 32.1. The number of nitrogens with zero attached hydrogens (tertiary/aromatic N) is 3. The molecule has 1 aliphatic heterocycles. The van der Waals surface area contributed by atoms with Crippen LogP contribution in [0.25, 0.3) is 0 Å². The molecule has 2 N–H and O–H groups in total. The second kappa shape index (κ2) is 9.92. The van der Waals surface area contributed by atoms with Gasteiger partial charge in [-0.1, -0.05) is 50.8 Å². The third-order valence-corrected chi connectivity index (χ3v) is 6.98. The largest absolute Gasteiger partial charge is 0.392 e. The first-order valence-electron chi connectivity index (χ1n) is 11.3. The molecule has 3 unspecified atom stereocenters. The molecule has 0 spiro atoms. The van der Waals surface area contributed by atoms with Crippen molar-refractivity contribution in [3.63, 3.8) is 0 Å². The third-order valence-electron chi connectivity index (χ3n) is 6.20. The van der Waals surface area contributed by atoms with Crippen molar-refractivity contribution in [3.05, 3.63) is 46.4 Å². The molecule has 0 saturated heterocycles. The number of thiazole rings is 1. The van der Waals surface area contributed by atoms with E-state index < -0.39 is 18.2 Å². The number of aliphatic hydroxyl groups excluding tert-OH is 1. The third kappa shape index (κ3) is 4.91. The summed E-state index contributed by atoms with van der Waals surface area (Å²) in [5.74, 6) is -0.671. The Balaban J connectivity index is 1.63. The first-order valence-corrected chi connectivity index (χ1v) is 12.2. The molecule has 1 aromatic carbocycles. The van der Waals surface area contributed by atoms with Crippen LogP contribution in [0.2, 0.25) is 0 Å². The number of fused-ring (bicyclic) bond motifs is 1. The van der Waals surface area contributed by atoms with Gasteiger partial charge in [-0.2, -0.15) is 0 Å². The molecular weight excluding hydrogens is 424 g/mol. The number of aliphatic hydroxyl groups is 1. The minimum Gasteiger partial charge on any atom is -0.392 e. The van der Waals surface area contributed by atoms with E-state index in [2.05, 4.69) is 22.2 Å². The van der Waals surface area contributed by atoms with Gasteiger partial charge in [0.15, 0.2) is 0 Å². The van der Waals surface area contributed by atoms with Crippen molar-refractivity contribution < 1.29 is 14.7 Å². The molecular formula is C24H30N4O3S. The fourth-order valence-corrected chi connectivity index (χ4v) is 4.78. The second-order valence-electron chi connectivity index (χ2n) is 8.64. The number of carbonyl (C=O) groups is 2. The molecule has 2 amide bonds. The molecule has 0 radical (unpaired) electrons. The van der Waals surface area contributed by atoms with Crippen molar-refractivity contribution >= 4 is 34.6 Å². The summed E-state index contributed by atoms with van der Waals surface area (Å²) < 4.78 is 0. The maximum absolute atomic E-state index is 13.3. The normalized spacial score (nSPS) is 20.2. The van der Waals surface area contributed by atoms with Crippen LogP contribution >= 0.6 is 11.3 Å². The number of amides is 2. The highest BCUT2D eigenvalue weighted by Gasteiger charge is 2.37. The Kier molecular flexibility index (Phi) is 7.01. The zero-order valence-corrected chi connectivity index (χ0v) is 19.3. The number of benzodiazepines with no additional fused rings is 1. The maximum atomic E-state index is 13.3. The molecule has 1 fully saturated rings. The van der Waals surface area contributed by atoms with E-state index in [-0.39, 0.29) is 11.8 Å². The first-order chi connectivity index (χ1) is 15.5. The van der Waals surface area contributed by atoms with Gasteiger partial charge in [0.25, 0.3) is 5.91 Å². The molecule has 4 rings (SSSR count). The van der Waals surface area contributed by atoms with E-state index in [1.165, 1.54) is 16.2 Å². The lowest BCUT2D eigenvalue weighted by molar-refractivity contribution is -0.133. The Morgan fingerprint density at radius 3 is 2.81 bits per heavy atom. The Morgan fingerprint density at radius 2 is 2.12 bits per heavy atom. The van der Waals surface area contributed by atoms with Crippen LogP contribution < -0.4 is 10.2 Å². The Morgan fingerprint density at radius 1 is 1.34 bits per heavy atom. The molecule has 32 heavy (non-hydrogen) atoms. The summed E-state index contributed by atoms with van der Waals surface area (Å²) in [6.07, 6.45) is 5.16. The predicted molar refractivity (Wildman–Crippen MR) is 126 cm³/mol. The number of para-hydroxylation sites is 1. The predicted octanol–water partition coefficient (Wildman–Crippen LogP) is 3.37. The van der Waals surface area contributed by atoms with Crippen molar-refractivity contribution in [2.75, 3.05) is 11.9 Å². The van der Waals surface area contributed by atoms with Crippen molar-refractivity contribution in [1.82, 2.24) is 10.3 Å². The molecule has 2 aliphatic rings. The SMILES string of the molecule is CCCCC(O)C(CC1CC1)C(=O)NC1N=C(c2nccs2)c2ccccc2N(C)C1=O. The molecule has 1 aliphatic carbocycles. The average molecular weight is 455 g/mol. The summed E-state index contributed by atoms with van der Waals surface area (Å²) in [4.78, 5) is 37.2. The molecule has 8 heteroatoms. The van der Waals surface area contributed by atoms with Gasteiger partial charge in [-0.15, -0.1) is 11.3 Å². The van der Waals surface area contributed by atoms with E-state index in [4.69, 9.17) is 0 Å². The highest BCUT2D eigenvalue weighted by Crippen LogP contribution is 2.37. The van der Waals surface area contributed by atoms with Crippen molar-refractivity contribution in [2.45, 2.75) is 57.7 Å². The van der Waals surface area contributed by atoms with Crippen molar-refractivity contribution in [1.29, 1.82) is 0 Å². The summed E-state index contributed by atoms with van der Waals surface area (Å²) >= 11 is 1.44. The number of hydrogen-bond donors (Lipinski definition) is 2. The van der Waals surface area contributed by atoms with Crippen LogP contribution in [-0.4, -0.2) is 46.9 Å². The second-order valence-corrected chi connectivity index (χ2v) is 9.53. The van der Waals surface area contributed by atoms with Crippen LogP contribution in [0.4, 0.5) is 5.69 Å². The maximum Gasteiger partial charge on any atom is 0.272 e. The summed E-state index contributed by atoms with van der Waals surface area (Å²) in [7, 11) is 1.69. The Labute approximate surface area is 192 Å². The number of aliphatic imine (C=N–C) groups is 1. The topological polar surface area (TPSA) is 94.9 Å². The Hall–Kier alpha value is -2.58. The summed E-state index contributed by atoms with van der Waals surface area (Å²) in [5.41, 5.74) is 2.11. The summed E-state index contributed by atoms with van der Waals surface area (Å²) in [6.45, 7) is 2.06. The van der Waals surface area contributed by atoms with Crippen molar-refractivity contribution in [3.8, 4) is 0 Å². The van der Waals surface area contributed by atoms with E-state index in [9.17, 15) is 14.7 Å². The standard InChI is InChI=1S/C24H30N4O3S/c1-3-4-9-19(29)17(14-15-10-11-15)22(30)27-21-24(31)28(2)18-8-6-5-7-16(18)20(26-21)23-25-12-13-32-23/h5-8,12-13,15,17,19,21,29H,3-4,9-11,14H2,1-2H3,(H,27,30). The number of hydrogen-bond acceptors (Lipinski definition) is 6. The van der Waals surface area contributed by atoms with Gasteiger partial charge in [0, 0.05) is 24.2 Å². The number of carbonyl (C=O) groups excluding carboxylic acids is 2. The van der Waals surface area contributed by atoms with Crippen LogP contribution in [0.15, 0.2) is 40.8 Å². The van der Waals surface area contributed by atoms with Gasteiger partial charge in [0.2, 0.25) is 12.1 Å². The zero-order valence-electron chi connectivity index (χ0n) is 18.5. The van der Waals surface area contributed by atoms with E-state index in [1.807, 2.05) is 29.6 Å².